The van der Waals surface area contributed by atoms with E-state index in [4.69, 9.17) is 11.6 Å². The molecule has 2 aromatic rings. The third-order valence-electron chi connectivity index (χ3n) is 3.03. The molecule has 0 aliphatic carbocycles. The normalized spacial score (nSPS) is 13.6. The molecule has 1 atom stereocenters. The van der Waals surface area contributed by atoms with Gasteiger partial charge in [-0.1, -0.05) is 44.5 Å². The van der Waals surface area contributed by atoms with E-state index in [-0.39, 0.29) is 5.41 Å². The molecule has 1 aromatic carbocycles. The van der Waals surface area contributed by atoms with Crippen molar-refractivity contribution in [1.82, 2.24) is 9.78 Å². The van der Waals surface area contributed by atoms with Crippen molar-refractivity contribution in [2.45, 2.75) is 32.3 Å². The van der Waals surface area contributed by atoms with E-state index in [0.29, 0.717) is 5.02 Å². The predicted molar refractivity (Wildman–Crippen MR) is 77.4 cm³/mol. The average Bonchev–Trinajstić information content (AvgIpc) is 2.70. The lowest BCUT2D eigenvalue weighted by molar-refractivity contribution is 0.217. The van der Waals surface area contributed by atoms with Crippen LogP contribution in [-0.2, 0) is 12.5 Å². The van der Waals surface area contributed by atoms with Crippen LogP contribution in [0.2, 0.25) is 5.02 Å². The molecule has 0 radical (unpaired) electrons. The summed E-state index contributed by atoms with van der Waals surface area (Å²) in [6.07, 6.45) is 1.16. The first-order valence-corrected chi connectivity index (χ1v) is 6.64. The van der Waals surface area contributed by atoms with Crippen molar-refractivity contribution < 1.29 is 5.11 Å². The van der Waals surface area contributed by atoms with E-state index in [0.717, 1.165) is 16.8 Å². The molecule has 1 unspecified atom stereocenters. The highest BCUT2D eigenvalue weighted by Crippen LogP contribution is 2.32. The molecule has 0 saturated carbocycles. The topological polar surface area (TPSA) is 38.0 Å². The van der Waals surface area contributed by atoms with Gasteiger partial charge in [0.15, 0.2) is 0 Å². The number of benzene rings is 1. The number of aryl methyl sites for hydroxylation is 1. The lowest BCUT2D eigenvalue weighted by Gasteiger charge is -2.20. The molecule has 1 N–H and O–H groups in total. The van der Waals surface area contributed by atoms with E-state index in [9.17, 15) is 5.11 Å². The average molecular weight is 279 g/mol. The number of hydrogen-bond acceptors (Lipinski definition) is 2. The van der Waals surface area contributed by atoms with Gasteiger partial charge in [0.2, 0.25) is 0 Å². The molecule has 3 nitrogen and oxygen atoms in total. The van der Waals surface area contributed by atoms with E-state index in [1.54, 1.807) is 16.8 Å². The number of halogens is 1. The second-order valence-electron chi connectivity index (χ2n) is 5.81. The molecule has 0 saturated heterocycles. The Morgan fingerprint density at radius 3 is 2.58 bits per heavy atom. The number of nitrogens with zero attached hydrogens (tertiary/aromatic N) is 2. The molecule has 0 bridgehead atoms. The minimum Gasteiger partial charge on any atom is -0.384 e. The van der Waals surface area contributed by atoms with Crippen molar-refractivity contribution >= 4 is 11.6 Å². The zero-order valence-electron chi connectivity index (χ0n) is 11.7. The smallest absolute Gasteiger partial charge is 0.107 e. The van der Waals surface area contributed by atoms with Crippen LogP contribution in [0.3, 0.4) is 0 Å². The highest BCUT2D eigenvalue weighted by molar-refractivity contribution is 6.30. The Morgan fingerprint density at radius 2 is 2.00 bits per heavy atom. The van der Waals surface area contributed by atoms with Gasteiger partial charge in [-0.05, 0) is 17.7 Å². The minimum atomic E-state index is -0.707. The van der Waals surface area contributed by atoms with Gasteiger partial charge in [-0.15, -0.1) is 0 Å². The van der Waals surface area contributed by atoms with Crippen LogP contribution in [0.4, 0.5) is 0 Å². The Morgan fingerprint density at radius 1 is 1.32 bits per heavy atom. The van der Waals surface area contributed by atoms with Gasteiger partial charge in [-0.3, -0.25) is 4.68 Å². The van der Waals surface area contributed by atoms with Crippen LogP contribution < -0.4 is 0 Å². The summed E-state index contributed by atoms with van der Waals surface area (Å²) >= 11 is 5.98. The minimum absolute atomic E-state index is 0.115. The van der Waals surface area contributed by atoms with Crippen molar-refractivity contribution in [2.75, 3.05) is 0 Å². The zero-order valence-corrected chi connectivity index (χ0v) is 12.4. The lowest BCUT2D eigenvalue weighted by Crippen LogP contribution is -2.16. The van der Waals surface area contributed by atoms with Crippen molar-refractivity contribution in [3.63, 3.8) is 0 Å². The van der Waals surface area contributed by atoms with Gasteiger partial charge in [0.05, 0.1) is 5.69 Å². The highest BCUT2D eigenvalue weighted by atomic mass is 35.5. The molecular weight excluding hydrogens is 260 g/mol. The summed E-state index contributed by atoms with van der Waals surface area (Å²) in [5.41, 5.74) is 2.40. The molecule has 0 fully saturated rings. The first-order chi connectivity index (χ1) is 8.79. The predicted octanol–water partition coefficient (Wildman–Crippen LogP) is 3.45. The summed E-state index contributed by atoms with van der Waals surface area (Å²) in [6.45, 7) is 6.26. The molecule has 1 heterocycles. The summed E-state index contributed by atoms with van der Waals surface area (Å²) in [5.74, 6) is 0. The van der Waals surface area contributed by atoms with E-state index in [2.05, 4.69) is 25.9 Å². The van der Waals surface area contributed by atoms with Crippen LogP contribution in [0.15, 0.2) is 30.5 Å². The van der Waals surface area contributed by atoms with Gasteiger partial charge in [0.25, 0.3) is 0 Å². The molecule has 19 heavy (non-hydrogen) atoms. The van der Waals surface area contributed by atoms with E-state index in [1.807, 2.05) is 25.4 Å². The molecule has 0 amide bonds. The number of aliphatic hydroxyl groups is 1. The molecule has 0 aliphatic rings. The monoisotopic (exact) mass is 278 g/mol. The molecule has 0 aliphatic heterocycles. The maximum atomic E-state index is 10.6. The molecule has 4 heteroatoms. The van der Waals surface area contributed by atoms with Crippen molar-refractivity contribution in [2.24, 2.45) is 7.05 Å². The summed E-state index contributed by atoms with van der Waals surface area (Å²) < 4.78 is 1.74. The van der Waals surface area contributed by atoms with Gasteiger partial charge in [0.1, 0.15) is 6.10 Å². The van der Waals surface area contributed by atoms with Crippen LogP contribution in [0.5, 0.6) is 0 Å². The lowest BCUT2D eigenvalue weighted by atomic mass is 9.87. The Balaban J connectivity index is 2.47. The summed E-state index contributed by atoms with van der Waals surface area (Å²) in [6, 6.07) is 7.29. The Kier molecular flexibility index (Phi) is 3.70. The van der Waals surface area contributed by atoms with Gasteiger partial charge in [0, 0.05) is 29.2 Å². The number of aliphatic hydroxyl groups excluding tert-OH is 1. The van der Waals surface area contributed by atoms with Gasteiger partial charge in [-0.25, -0.2) is 0 Å². The van der Waals surface area contributed by atoms with Gasteiger partial charge in [-0.2, -0.15) is 5.10 Å². The molecule has 0 spiro atoms. The summed E-state index contributed by atoms with van der Waals surface area (Å²) in [5, 5.41) is 15.7. The van der Waals surface area contributed by atoms with Crippen molar-refractivity contribution in [3.8, 4) is 0 Å². The van der Waals surface area contributed by atoms with Crippen LogP contribution in [0, 0.1) is 0 Å². The maximum Gasteiger partial charge on any atom is 0.107 e. The Bertz CT molecular complexity index is 584. The largest absolute Gasteiger partial charge is 0.384 e. The van der Waals surface area contributed by atoms with E-state index >= 15 is 0 Å². The van der Waals surface area contributed by atoms with E-state index in [1.165, 1.54) is 0 Å². The third-order valence-corrected chi connectivity index (χ3v) is 3.26. The second kappa shape index (κ2) is 4.99. The van der Waals surface area contributed by atoms with Crippen LogP contribution >= 0.6 is 11.6 Å². The molecule has 1 aromatic heterocycles. The fraction of sp³-hybridized carbons (Fsp3) is 0.400. The van der Waals surface area contributed by atoms with Gasteiger partial charge >= 0.3 is 0 Å². The molecular formula is C15H19ClN2O. The zero-order chi connectivity index (χ0) is 14.2. The van der Waals surface area contributed by atoms with E-state index < -0.39 is 6.10 Å². The Hall–Kier alpha value is -1.32. The summed E-state index contributed by atoms with van der Waals surface area (Å²) in [4.78, 5) is 0. The fourth-order valence-electron chi connectivity index (χ4n) is 2.15. The SMILES string of the molecule is Cn1cc(C(O)c2cccc(Cl)c2)c(C(C)(C)C)n1. The van der Waals surface area contributed by atoms with Crippen LogP contribution in [-0.4, -0.2) is 14.9 Å². The molecule has 102 valence electrons. The maximum absolute atomic E-state index is 10.6. The van der Waals surface area contributed by atoms with Gasteiger partial charge < -0.3 is 5.11 Å². The standard InChI is InChI=1S/C15H19ClN2O/c1-15(2,3)14-12(9-18(4)17-14)13(19)10-6-5-7-11(16)8-10/h5-9,13,19H,1-4H3. The second-order valence-corrected chi connectivity index (χ2v) is 6.25. The van der Waals surface area contributed by atoms with Crippen molar-refractivity contribution in [3.05, 3.63) is 52.3 Å². The fourth-order valence-corrected chi connectivity index (χ4v) is 2.34. The number of hydrogen-bond donors (Lipinski definition) is 1. The quantitative estimate of drug-likeness (QED) is 0.914. The van der Waals surface area contributed by atoms with Crippen LogP contribution in [0.25, 0.3) is 0 Å². The number of rotatable bonds is 2. The van der Waals surface area contributed by atoms with Crippen LogP contribution in [0.1, 0.15) is 43.7 Å². The highest BCUT2D eigenvalue weighted by Gasteiger charge is 2.26. The third kappa shape index (κ3) is 2.99. The first-order valence-electron chi connectivity index (χ1n) is 6.26. The first kappa shape index (κ1) is 14.1. The Labute approximate surface area is 118 Å². The molecule has 2 rings (SSSR count). The number of aromatic nitrogens is 2. The van der Waals surface area contributed by atoms with Crippen molar-refractivity contribution in [1.29, 1.82) is 0 Å². The summed E-state index contributed by atoms with van der Waals surface area (Å²) in [7, 11) is 1.86.